The van der Waals surface area contributed by atoms with Gasteiger partial charge in [-0.15, -0.1) is 11.3 Å². The summed E-state index contributed by atoms with van der Waals surface area (Å²) in [5, 5.41) is 3.32. The molecule has 0 saturated carbocycles. The summed E-state index contributed by atoms with van der Waals surface area (Å²) in [6.45, 7) is 5.47. The van der Waals surface area contributed by atoms with Crippen molar-refractivity contribution in [2.45, 2.75) is 38.5 Å². The summed E-state index contributed by atoms with van der Waals surface area (Å²) in [5.74, 6) is -2.35. The van der Waals surface area contributed by atoms with Crippen LogP contribution in [0.1, 0.15) is 52.3 Å². The second kappa shape index (κ2) is 11.5. The molecule has 3 rings (SSSR count). The van der Waals surface area contributed by atoms with Crippen LogP contribution in [-0.4, -0.2) is 56.9 Å². The molecule has 35 heavy (non-hydrogen) atoms. The quantitative estimate of drug-likeness (QED) is 0.499. The molecular formula is C23H27ClN2O7S2. The first kappa shape index (κ1) is 27.1. The first-order valence-electron chi connectivity index (χ1n) is 11.1. The Morgan fingerprint density at radius 2 is 1.74 bits per heavy atom. The number of hydrogen-bond acceptors (Lipinski definition) is 8. The van der Waals surface area contributed by atoms with Crippen LogP contribution in [0.3, 0.4) is 0 Å². The molecule has 2 aromatic rings. The van der Waals surface area contributed by atoms with Gasteiger partial charge in [0.05, 0.1) is 29.6 Å². The molecule has 1 aliphatic rings. The van der Waals surface area contributed by atoms with Crippen LogP contribution < -0.4 is 5.32 Å². The van der Waals surface area contributed by atoms with E-state index in [1.165, 1.54) is 28.6 Å². The van der Waals surface area contributed by atoms with Crippen LogP contribution in [0.5, 0.6) is 0 Å². The number of hydrogen-bond donors (Lipinski definition) is 1. The summed E-state index contributed by atoms with van der Waals surface area (Å²) >= 11 is 6.81. The molecule has 1 unspecified atom stereocenters. The van der Waals surface area contributed by atoms with Crippen molar-refractivity contribution in [3.63, 3.8) is 0 Å². The average molecular weight is 543 g/mol. The van der Waals surface area contributed by atoms with Gasteiger partial charge in [-0.1, -0.05) is 11.6 Å². The molecular weight excluding hydrogens is 516 g/mol. The molecule has 1 aromatic carbocycles. The maximum Gasteiger partial charge on any atom is 0.348 e. The fraction of sp³-hybridized carbons (Fsp3) is 0.435. The molecule has 0 radical (unpaired) electrons. The maximum absolute atomic E-state index is 13.2. The Kier molecular flexibility index (Phi) is 8.92. The Morgan fingerprint density at radius 1 is 1.11 bits per heavy atom. The molecule has 1 aromatic heterocycles. The molecule has 0 aliphatic carbocycles. The zero-order valence-corrected chi connectivity index (χ0v) is 22.0. The number of rotatable bonds is 8. The van der Waals surface area contributed by atoms with E-state index in [0.717, 1.165) is 11.3 Å². The standard InChI is InChI=1S/C23H27ClN2O7S2/c1-4-32-22(28)18-14(3)19(23(29)33-5-2)34-21(18)25-20(27)15-7-6-12-26(13-15)35(30,31)17-10-8-16(24)9-11-17/h8-11,15H,4-7,12-13H2,1-3H3,(H,25,27). The number of amides is 1. The highest BCUT2D eigenvalue weighted by Gasteiger charge is 2.35. The molecule has 1 N–H and O–H groups in total. The Balaban J connectivity index is 1.83. The van der Waals surface area contributed by atoms with Crippen molar-refractivity contribution in [2.75, 3.05) is 31.6 Å². The van der Waals surface area contributed by atoms with Gasteiger partial charge in [-0.05, 0) is 63.4 Å². The molecule has 2 heterocycles. The number of ether oxygens (including phenoxy) is 2. The first-order chi connectivity index (χ1) is 16.6. The number of anilines is 1. The van der Waals surface area contributed by atoms with Gasteiger partial charge < -0.3 is 14.8 Å². The van der Waals surface area contributed by atoms with E-state index in [1.807, 2.05) is 0 Å². The van der Waals surface area contributed by atoms with Crippen molar-refractivity contribution in [3.05, 3.63) is 45.3 Å². The van der Waals surface area contributed by atoms with E-state index >= 15 is 0 Å². The second-order valence-electron chi connectivity index (χ2n) is 7.85. The minimum atomic E-state index is -3.81. The highest BCUT2D eigenvalue weighted by molar-refractivity contribution is 7.89. The Morgan fingerprint density at radius 3 is 2.37 bits per heavy atom. The molecule has 9 nitrogen and oxygen atoms in total. The number of thiophene rings is 1. The van der Waals surface area contributed by atoms with Gasteiger partial charge >= 0.3 is 11.9 Å². The van der Waals surface area contributed by atoms with E-state index in [2.05, 4.69) is 5.32 Å². The lowest BCUT2D eigenvalue weighted by Crippen LogP contribution is -2.43. The molecule has 1 saturated heterocycles. The molecule has 0 spiro atoms. The number of benzene rings is 1. The van der Waals surface area contributed by atoms with Crippen molar-refractivity contribution >= 4 is 55.8 Å². The van der Waals surface area contributed by atoms with Gasteiger partial charge in [-0.25, -0.2) is 18.0 Å². The lowest BCUT2D eigenvalue weighted by Gasteiger charge is -2.31. The smallest absolute Gasteiger partial charge is 0.348 e. The van der Waals surface area contributed by atoms with E-state index in [9.17, 15) is 22.8 Å². The number of piperidine rings is 1. The third kappa shape index (κ3) is 6.03. The molecule has 1 amide bonds. The van der Waals surface area contributed by atoms with Gasteiger partial charge in [0.1, 0.15) is 9.88 Å². The van der Waals surface area contributed by atoms with E-state index in [0.29, 0.717) is 23.4 Å². The normalized spacial score (nSPS) is 16.5. The van der Waals surface area contributed by atoms with Crippen LogP contribution in [-0.2, 0) is 24.3 Å². The highest BCUT2D eigenvalue weighted by atomic mass is 35.5. The molecule has 1 aliphatic heterocycles. The number of nitrogens with one attached hydrogen (secondary N) is 1. The van der Waals surface area contributed by atoms with Crippen LogP contribution in [0, 0.1) is 12.8 Å². The van der Waals surface area contributed by atoms with Gasteiger partial charge in [0.15, 0.2) is 0 Å². The zero-order chi connectivity index (χ0) is 25.8. The van der Waals surface area contributed by atoms with Gasteiger partial charge in [0, 0.05) is 18.1 Å². The van der Waals surface area contributed by atoms with E-state index in [1.54, 1.807) is 20.8 Å². The number of halogens is 1. The minimum Gasteiger partial charge on any atom is -0.462 e. The number of nitrogens with zero attached hydrogens (tertiary/aromatic N) is 1. The Bertz CT molecular complexity index is 1210. The average Bonchev–Trinajstić information content (AvgIpc) is 3.15. The monoisotopic (exact) mass is 542 g/mol. The molecule has 1 fully saturated rings. The predicted molar refractivity (Wildman–Crippen MR) is 133 cm³/mol. The summed E-state index contributed by atoms with van der Waals surface area (Å²) < 4.78 is 37.6. The van der Waals surface area contributed by atoms with Gasteiger partial charge in [-0.2, -0.15) is 4.31 Å². The topological polar surface area (TPSA) is 119 Å². The van der Waals surface area contributed by atoms with Crippen molar-refractivity contribution in [1.29, 1.82) is 0 Å². The Hall–Kier alpha value is -2.47. The summed E-state index contributed by atoms with van der Waals surface area (Å²) in [6, 6.07) is 5.86. The van der Waals surface area contributed by atoms with Crippen LogP contribution in [0.25, 0.3) is 0 Å². The molecule has 0 bridgehead atoms. The molecule has 190 valence electrons. The SMILES string of the molecule is CCOC(=O)c1sc(NC(=O)C2CCCN(S(=O)(=O)c3ccc(Cl)cc3)C2)c(C(=O)OCC)c1C. The summed E-state index contributed by atoms with van der Waals surface area (Å²) in [7, 11) is -3.81. The summed E-state index contributed by atoms with van der Waals surface area (Å²) in [5.41, 5.74) is 0.451. The van der Waals surface area contributed by atoms with Crippen LogP contribution >= 0.6 is 22.9 Å². The third-order valence-electron chi connectivity index (χ3n) is 5.53. The minimum absolute atomic E-state index is 0.0133. The number of esters is 2. The van der Waals surface area contributed by atoms with Crippen LogP contribution in [0.15, 0.2) is 29.2 Å². The van der Waals surface area contributed by atoms with Crippen LogP contribution in [0.4, 0.5) is 5.00 Å². The van der Waals surface area contributed by atoms with Crippen molar-refractivity contribution in [2.24, 2.45) is 5.92 Å². The maximum atomic E-state index is 13.2. The van der Waals surface area contributed by atoms with E-state index in [4.69, 9.17) is 21.1 Å². The lowest BCUT2D eigenvalue weighted by molar-refractivity contribution is -0.120. The van der Waals surface area contributed by atoms with Crippen molar-refractivity contribution in [3.8, 4) is 0 Å². The van der Waals surface area contributed by atoms with Crippen molar-refractivity contribution in [1.82, 2.24) is 4.31 Å². The van der Waals surface area contributed by atoms with Crippen LogP contribution in [0.2, 0.25) is 5.02 Å². The van der Waals surface area contributed by atoms with E-state index < -0.39 is 33.8 Å². The predicted octanol–water partition coefficient (Wildman–Crippen LogP) is 4.10. The number of carbonyl (C=O) groups excluding carboxylic acids is 3. The summed E-state index contributed by atoms with van der Waals surface area (Å²) in [4.78, 5) is 38.4. The number of carbonyl (C=O) groups is 3. The molecule has 12 heteroatoms. The van der Waals surface area contributed by atoms with Gasteiger partial charge in [-0.3, -0.25) is 4.79 Å². The third-order valence-corrected chi connectivity index (χ3v) is 8.85. The Labute approximate surface area is 213 Å². The fourth-order valence-electron chi connectivity index (χ4n) is 3.79. The van der Waals surface area contributed by atoms with Crippen molar-refractivity contribution < 1.29 is 32.3 Å². The molecule has 1 atom stereocenters. The number of sulfonamides is 1. The van der Waals surface area contributed by atoms with E-state index in [-0.39, 0.29) is 46.6 Å². The zero-order valence-electron chi connectivity index (χ0n) is 19.6. The highest BCUT2D eigenvalue weighted by Crippen LogP contribution is 2.35. The first-order valence-corrected chi connectivity index (χ1v) is 13.8. The van der Waals surface area contributed by atoms with Gasteiger partial charge in [0.25, 0.3) is 0 Å². The fourth-order valence-corrected chi connectivity index (χ4v) is 6.53. The summed E-state index contributed by atoms with van der Waals surface area (Å²) in [6.07, 6.45) is 0.968. The largest absolute Gasteiger partial charge is 0.462 e. The lowest BCUT2D eigenvalue weighted by atomic mass is 9.99. The van der Waals surface area contributed by atoms with Gasteiger partial charge in [0.2, 0.25) is 15.9 Å². The second-order valence-corrected chi connectivity index (χ2v) is 11.2.